The molecule has 0 bridgehead atoms. The number of H-pyrrole nitrogens is 1. The van der Waals surface area contributed by atoms with Crippen LogP contribution >= 0.6 is 11.6 Å². The molecule has 6 nitrogen and oxygen atoms in total. The van der Waals surface area contributed by atoms with Crippen LogP contribution in [-0.4, -0.2) is 23.1 Å². The molecular formula is C16H12ClN3O3. The molecule has 1 heterocycles. The Balaban J connectivity index is 1.96. The fourth-order valence-corrected chi connectivity index (χ4v) is 2.31. The second kappa shape index (κ2) is 6.10. The monoisotopic (exact) mass is 329 g/mol. The number of ether oxygens (including phenoxy) is 1. The largest absolute Gasteiger partial charge is 0.495 e. The lowest BCUT2D eigenvalue weighted by atomic mass is 10.2. The van der Waals surface area contributed by atoms with E-state index < -0.39 is 5.91 Å². The summed E-state index contributed by atoms with van der Waals surface area (Å²) in [4.78, 5) is 14.8. The zero-order chi connectivity index (χ0) is 16.4. The van der Waals surface area contributed by atoms with Gasteiger partial charge in [-0.15, -0.1) is 10.2 Å². The molecule has 0 saturated heterocycles. The molecule has 7 heteroatoms. The van der Waals surface area contributed by atoms with E-state index in [2.05, 4.69) is 15.2 Å². The van der Waals surface area contributed by atoms with Crippen LogP contribution in [0.1, 0.15) is 10.4 Å². The number of aromatic amines is 1. The van der Waals surface area contributed by atoms with E-state index in [0.29, 0.717) is 27.2 Å². The van der Waals surface area contributed by atoms with Gasteiger partial charge in [-0.25, -0.2) is 0 Å². The highest BCUT2D eigenvalue weighted by atomic mass is 35.5. The van der Waals surface area contributed by atoms with Crippen molar-refractivity contribution in [1.29, 1.82) is 0 Å². The van der Waals surface area contributed by atoms with Crippen LogP contribution in [0.4, 0.5) is 5.69 Å². The number of nitrogens with zero attached hydrogens (tertiary/aromatic N) is 2. The van der Waals surface area contributed by atoms with E-state index in [1.165, 1.54) is 7.11 Å². The molecule has 1 aromatic heterocycles. The summed E-state index contributed by atoms with van der Waals surface area (Å²) in [7, 11) is 1.53. The van der Waals surface area contributed by atoms with Gasteiger partial charge in [0.1, 0.15) is 5.75 Å². The van der Waals surface area contributed by atoms with Crippen molar-refractivity contribution in [1.82, 2.24) is 4.98 Å². The molecule has 0 radical (unpaired) electrons. The van der Waals surface area contributed by atoms with E-state index in [9.17, 15) is 9.90 Å². The Morgan fingerprint density at radius 3 is 2.65 bits per heavy atom. The van der Waals surface area contributed by atoms with Gasteiger partial charge in [0.15, 0.2) is 5.69 Å². The number of hydrogen-bond donors (Lipinski definition) is 2. The quantitative estimate of drug-likeness (QED) is 0.695. The number of methoxy groups -OCH3 is 1. The number of rotatable bonds is 3. The van der Waals surface area contributed by atoms with Crippen LogP contribution in [-0.2, 0) is 0 Å². The lowest BCUT2D eigenvalue weighted by Crippen LogP contribution is -1.92. The number of aromatic hydroxyl groups is 1. The average molecular weight is 330 g/mol. The molecule has 0 aliphatic heterocycles. The van der Waals surface area contributed by atoms with Gasteiger partial charge in [0.25, 0.3) is 5.91 Å². The van der Waals surface area contributed by atoms with Gasteiger partial charge in [0, 0.05) is 16.0 Å². The van der Waals surface area contributed by atoms with E-state index in [-0.39, 0.29) is 11.6 Å². The first kappa shape index (κ1) is 15.1. The molecule has 0 fully saturated rings. The fraction of sp³-hybridized carbons (Fsp3) is 0.0625. The minimum Gasteiger partial charge on any atom is -0.495 e. The molecule has 0 unspecified atom stereocenters. The SMILES string of the molecule is COc1cccc2c(N=NC(=O)c3ccc(Cl)cc3)c(O)[nH]c12. The van der Waals surface area contributed by atoms with Crippen molar-refractivity contribution >= 4 is 34.1 Å². The van der Waals surface area contributed by atoms with Crippen molar-refractivity contribution in [3.63, 3.8) is 0 Å². The molecule has 116 valence electrons. The van der Waals surface area contributed by atoms with Gasteiger partial charge >= 0.3 is 0 Å². The molecule has 3 aromatic rings. The maximum Gasteiger partial charge on any atom is 0.295 e. The van der Waals surface area contributed by atoms with Crippen molar-refractivity contribution in [2.75, 3.05) is 7.11 Å². The number of halogens is 1. The first-order valence-electron chi connectivity index (χ1n) is 6.69. The predicted molar refractivity (Wildman–Crippen MR) is 86.8 cm³/mol. The first-order chi connectivity index (χ1) is 11.1. The van der Waals surface area contributed by atoms with Crippen molar-refractivity contribution in [2.24, 2.45) is 10.2 Å². The third-order valence-corrected chi connectivity index (χ3v) is 3.55. The third-order valence-electron chi connectivity index (χ3n) is 3.30. The lowest BCUT2D eigenvalue weighted by molar-refractivity contribution is 0.0995. The van der Waals surface area contributed by atoms with E-state index in [1.54, 1.807) is 42.5 Å². The summed E-state index contributed by atoms with van der Waals surface area (Å²) < 4.78 is 5.21. The lowest BCUT2D eigenvalue weighted by Gasteiger charge is -1.99. The van der Waals surface area contributed by atoms with E-state index >= 15 is 0 Å². The summed E-state index contributed by atoms with van der Waals surface area (Å²) in [6.45, 7) is 0. The summed E-state index contributed by atoms with van der Waals surface area (Å²) in [5.74, 6) is -0.154. The molecule has 0 saturated carbocycles. The fourth-order valence-electron chi connectivity index (χ4n) is 2.18. The zero-order valence-corrected chi connectivity index (χ0v) is 12.8. The Labute approximate surface area is 136 Å². The normalized spacial score (nSPS) is 11.2. The van der Waals surface area contributed by atoms with Gasteiger partial charge in [0.2, 0.25) is 5.88 Å². The molecule has 3 rings (SSSR count). The molecule has 23 heavy (non-hydrogen) atoms. The number of aromatic nitrogens is 1. The molecule has 0 spiro atoms. The highest BCUT2D eigenvalue weighted by Crippen LogP contribution is 2.39. The smallest absolute Gasteiger partial charge is 0.295 e. The van der Waals surface area contributed by atoms with Crippen LogP contribution in [0, 0.1) is 0 Å². The van der Waals surface area contributed by atoms with Gasteiger partial charge in [-0.3, -0.25) is 4.79 Å². The van der Waals surface area contributed by atoms with Gasteiger partial charge in [-0.05, 0) is 30.3 Å². The average Bonchev–Trinajstić information content (AvgIpc) is 2.88. The standard InChI is InChI=1S/C16H12ClN3O3/c1-23-12-4-2-3-11-13(12)18-16(22)14(11)19-20-15(21)9-5-7-10(17)8-6-9/h2-8,18,22H,1H3. The number of benzene rings is 2. The van der Waals surface area contributed by atoms with E-state index in [4.69, 9.17) is 16.3 Å². The van der Waals surface area contributed by atoms with Gasteiger partial charge in [-0.2, -0.15) is 0 Å². The van der Waals surface area contributed by atoms with E-state index in [0.717, 1.165) is 0 Å². The van der Waals surface area contributed by atoms with Crippen molar-refractivity contribution in [2.45, 2.75) is 0 Å². The maximum atomic E-state index is 12.0. The molecular weight excluding hydrogens is 318 g/mol. The Bertz CT molecular complexity index is 901. The molecule has 0 aliphatic carbocycles. The number of azo groups is 1. The van der Waals surface area contributed by atoms with Crippen LogP contribution in [0.3, 0.4) is 0 Å². The summed E-state index contributed by atoms with van der Waals surface area (Å²) in [6, 6.07) is 11.6. The van der Waals surface area contributed by atoms with Crippen LogP contribution in [0.25, 0.3) is 10.9 Å². The van der Waals surface area contributed by atoms with Crippen LogP contribution < -0.4 is 4.74 Å². The van der Waals surface area contributed by atoms with Crippen molar-refractivity contribution < 1.29 is 14.6 Å². The minimum atomic E-state index is -0.529. The number of amides is 1. The van der Waals surface area contributed by atoms with E-state index in [1.807, 2.05) is 0 Å². The molecule has 0 aliphatic rings. The Morgan fingerprint density at radius 1 is 1.22 bits per heavy atom. The number of carbonyl (C=O) groups excluding carboxylic acids is 1. The maximum absolute atomic E-state index is 12.0. The number of nitrogens with one attached hydrogen (secondary N) is 1. The molecule has 1 amide bonds. The summed E-state index contributed by atoms with van der Waals surface area (Å²) in [5.41, 5.74) is 1.12. The third kappa shape index (κ3) is 2.89. The number of hydrogen-bond acceptors (Lipinski definition) is 4. The summed E-state index contributed by atoms with van der Waals surface area (Å²) >= 11 is 5.77. The Kier molecular flexibility index (Phi) is 3.99. The second-order valence-corrected chi connectivity index (χ2v) is 5.15. The first-order valence-corrected chi connectivity index (χ1v) is 7.07. The summed E-state index contributed by atoms with van der Waals surface area (Å²) in [6.07, 6.45) is 0. The summed E-state index contributed by atoms with van der Waals surface area (Å²) in [5, 5.41) is 18.6. The minimum absolute atomic E-state index is 0.182. The predicted octanol–water partition coefficient (Wildman–Crippen LogP) is 4.46. The van der Waals surface area contributed by atoms with Crippen LogP contribution in [0.2, 0.25) is 5.02 Å². The number of carbonyl (C=O) groups is 1. The Hall–Kier alpha value is -2.86. The van der Waals surface area contributed by atoms with Gasteiger partial charge < -0.3 is 14.8 Å². The van der Waals surface area contributed by atoms with Crippen molar-refractivity contribution in [3.05, 3.63) is 53.1 Å². The molecule has 0 atom stereocenters. The number of fused-ring (bicyclic) bond motifs is 1. The zero-order valence-electron chi connectivity index (χ0n) is 12.1. The van der Waals surface area contributed by atoms with Gasteiger partial charge in [0.05, 0.1) is 12.6 Å². The number of para-hydroxylation sites is 1. The second-order valence-electron chi connectivity index (χ2n) is 4.72. The highest BCUT2D eigenvalue weighted by Gasteiger charge is 2.14. The Morgan fingerprint density at radius 2 is 1.96 bits per heavy atom. The highest BCUT2D eigenvalue weighted by molar-refractivity contribution is 6.30. The topological polar surface area (TPSA) is 87.0 Å². The van der Waals surface area contributed by atoms with Gasteiger partial charge in [-0.1, -0.05) is 23.7 Å². The van der Waals surface area contributed by atoms with Crippen LogP contribution in [0.5, 0.6) is 11.6 Å². The van der Waals surface area contributed by atoms with Crippen molar-refractivity contribution in [3.8, 4) is 11.6 Å². The molecule has 2 N–H and O–H groups in total. The van der Waals surface area contributed by atoms with Crippen LogP contribution in [0.15, 0.2) is 52.7 Å². The molecule has 2 aromatic carbocycles.